The summed E-state index contributed by atoms with van der Waals surface area (Å²) < 4.78 is 73.1. The summed E-state index contributed by atoms with van der Waals surface area (Å²) >= 11 is 0. The van der Waals surface area contributed by atoms with Gasteiger partial charge in [-0.3, -0.25) is 0 Å². The first kappa shape index (κ1) is 62.2. The molecule has 0 aromatic heterocycles. The van der Waals surface area contributed by atoms with Crippen LogP contribution in [0.15, 0.2) is 0 Å². The van der Waals surface area contributed by atoms with Gasteiger partial charge in [0.15, 0.2) is 44.0 Å². The summed E-state index contributed by atoms with van der Waals surface area (Å²) in [6.45, 7) is -6.78. The Morgan fingerprint density at radius 3 is 0.947 bits per heavy atom. The van der Waals surface area contributed by atoms with Gasteiger partial charge in [0.05, 0.1) is 46.2 Å². The summed E-state index contributed by atoms with van der Waals surface area (Å²) in [6, 6.07) is 0. The molecule has 34 atom stereocenters. The van der Waals surface area contributed by atoms with Crippen LogP contribution in [0.1, 0.15) is 0 Å². The minimum atomic E-state index is -2.36. The van der Waals surface area contributed by atoms with Gasteiger partial charge in [-0.15, -0.1) is 0 Å². The zero-order valence-electron chi connectivity index (χ0n) is 39.7. The van der Waals surface area contributed by atoms with Crippen LogP contribution in [0.4, 0.5) is 0 Å². The summed E-state index contributed by atoms with van der Waals surface area (Å²) in [5, 5.41) is 235. The highest BCUT2D eigenvalue weighted by Crippen LogP contribution is 2.38. The molecule has 0 radical (unpaired) electrons. The Hall–Kier alpha value is -1.40. The highest BCUT2D eigenvalue weighted by molar-refractivity contribution is 5.01. The number of hydrogen-bond acceptors (Lipinski definition) is 35. The van der Waals surface area contributed by atoms with Crippen molar-refractivity contribution < 1.29 is 174 Å². The van der Waals surface area contributed by atoms with E-state index in [4.69, 9.17) is 61.6 Å². The van der Waals surface area contributed by atoms with E-state index in [1.165, 1.54) is 0 Å². The van der Waals surface area contributed by atoms with Crippen LogP contribution in [0, 0.1) is 0 Å². The molecule has 0 aromatic carbocycles. The van der Waals surface area contributed by atoms with Gasteiger partial charge < -0.3 is 174 Å². The molecule has 0 spiro atoms. The maximum atomic E-state index is 11.9. The van der Waals surface area contributed by atoms with Crippen LogP contribution in [-0.2, 0) is 61.6 Å². The van der Waals surface area contributed by atoms with Crippen LogP contribution in [0.5, 0.6) is 0 Å². The lowest BCUT2D eigenvalue weighted by Gasteiger charge is -2.51. The van der Waals surface area contributed by atoms with Gasteiger partial charge in [-0.25, -0.2) is 0 Å². The molecule has 444 valence electrons. The molecule has 0 aromatic rings. The Labute approximate surface area is 428 Å². The van der Waals surface area contributed by atoms with Gasteiger partial charge in [0, 0.05) is 0 Å². The summed E-state index contributed by atoms with van der Waals surface area (Å²) in [4.78, 5) is 0. The minimum Gasteiger partial charge on any atom is -0.394 e. The molecule has 7 saturated heterocycles. The van der Waals surface area contributed by atoms with Gasteiger partial charge in [0.25, 0.3) is 0 Å². The highest BCUT2D eigenvalue weighted by atomic mass is 16.8. The molecule has 0 bridgehead atoms. The zero-order valence-corrected chi connectivity index (χ0v) is 39.7. The molecule has 7 rings (SSSR count). The molecular formula is C41H70O35. The molecule has 76 heavy (non-hydrogen) atoms. The minimum absolute atomic E-state index is 0.674. The fourth-order valence-corrected chi connectivity index (χ4v) is 9.67. The van der Waals surface area contributed by atoms with Crippen LogP contribution in [-0.4, -0.2) is 367 Å². The van der Waals surface area contributed by atoms with Gasteiger partial charge >= 0.3 is 0 Å². The number of hydrogen-bond donors (Lipinski definition) is 22. The maximum Gasteiger partial charge on any atom is 0.187 e. The Bertz CT molecular complexity index is 1760. The van der Waals surface area contributed by atoms with Crippen LogP contribution < -0.4 is 0 Å². The first-order valence-electron chi connectivity index (χ1n) is 24.1. The lowest BCUT2D eigenvalue weighted by atomic mass is 9.95. The van der Waals surface area contributed by atoms with Gasteiger partial charge in [-0.1, -0.05) is 0 Å². The molecule has 7 aliphatic heterocycles. The van der Waals surface area contributed by atoms with Gasteiger partial charge in [-0.2, -0.15) is 0 Å². The van der Waals surface area contributed by atoms with E-state index in [-0.39, 0.29) is 0 Å². The standard InChI is InChI=1S/C41H70O35/c42-1-9-16(50)22(56)24(58)37(66-9)71-30-18(52)11(3-44)67-38(26(30)60)72-31-19(53)12(4-45)68-39(27(31)61)73-32-20(54)13(5-46)69-40(28(32)62)75-33-21(55)14(6-47)70-41(34(33)76-36-23(57)15(49)8(48)7-64-36)74-29-17(51)10(2-43)65-35(63)25(29)59/h8-63H,1-7H2/t8-,9-,10-,11-,12-,13-,14-,15+,16-,17-,18-,19-,20-,21-,22+,23+,24+,25+,26+,27+,28+,29+,30+,31+,32+,33+,34+,35+,36-,37-,38-,39-,40-,41-/m1/s1. The smallest absolute Gasteiger partial charge is 0.187 e. The lowest BCUT2D eigenvalue weighted by Crippen LogP contribution is -2.69. The van der Waals surface area contributed by atoms with E-state index in [0.717, 1.165) is 0 Å². The second kappa shape index (κ2) is 26.7. The normalized spacial score (nSPS) is 53.6. The summed E-state index contributed by atoms with van der Waals surface area (Å²) in [5.41, 5.74) is 0. The summed E-state index contributed by atoms with van der Waals surface area (Å²) in [5.74, 6) is 0. The first-order chi connectivity index (χ1) is 36.0. The summed E-state index contributed by atoms with van der Waals surface area (Å²) in [6.07, 6.45) is -68.2. The largest absolute Gasteiger partial charge is 0.394 e. The van der Waals surface area contributed by atoms with E-state index in [9.17, 15) is 112 Å². The van der Waals surface area contributed by atoms with Gasteiger partial charge in [0.2, 0.25) is 0 Å². The molecule has 35 nitrogen and oxygen atoms in total. The topological polar surface area (TPSA) is 565 Å². The van der Waals surface area contributed by atoms with E-state index in [0.29, 0.717) is 0 Å². The molecular weight excluding hydrogens is 1050 g/mol. The predicted octanol–water partition coefficient (Wildman–Crippen LogP) is -15.6. The Kier molecular flexibility index (Phi) is 21.8. The highest BCUT2D eigenvalue weighted by Gasteiger charge is 2.59. The monoisotopic (exact) mass is 1120 g/mol. The van der Waals surface area contributed by atoms with Crippen molar-refractivity contribution in [2.24, 2.45) is 0 Å². The molecule has 0 saturated carbocycles. The fraction of sp³-hybridized carbons (Fsp3) is 1.00. The first-order valence-corrected chi connectivity index (χ1v) is 24.1. The quantitative estimate of drug-likeness (QED) is 0.0606. The van der Waals surface area contributed by atoms with Gasteiger partial charge in [0.1, 0.15) is 165 Å². The molecule has 0 unspecified atom stereocenters. The second-order valence-electron chi connectivity index (χ2n) is 19.1. The van der Waals surface area contributed by atoms with E-state index in [1.54, 1.807) is 0 Å². The second-order valence-corrected chi connectivity index (χ2v) is 19.1. The molecule has 0 aliphatic carbocycles. The average molecular weight is 1120 g/mol. The third kappa shape index (κ3) is 12.6. The molecule has 7 heterocycles. The maximum absolute atomic E-state index is 11.9. The Morgan fingerprint density at radius 2 is 0.539 bits per heavy atom. The predicted molar refractivity (Wildman–Crippen MR) is 226 cm³/mol. The molecule has 35 heteroatoms. The van der Waals surface area contributed by atoms with E-state index >= 15 is 0 Å². The zero-order chi connectivity index (χ0) is 55.8. The van der Waals surface area contributed by atoms with Crippen LogP contribution in [0.25, 0.3) is 0 Å². The van der Waals surface area contributed by atoms with E-state index in [2.05, 4.69) is 0 Å². The van der Waals surface area contributed by atoms with E-state index < -0.39 is 255 Å². The Morgan fingerprint density at radius 1 is 0.250 bits per heavy atom. The molecule has 7 aliphatic rings. The number of rotatable bonds is 18. The van der Waals surface area contributed by atoms with Crippen molar-refractivity contribution in [1.29, 1.82) is 0 Å². The summed E-state index contributed by atoms with van der Waals surface area (Å²) in [7, 11) is 0. The van der Waals surface area contributed by atoms with Crippen molar-refractivity contribution in [3.8, 4) is 0 Å². The molecule has 7 fully saturated rings. The molecule has 22 N–H and O–H groups in total. The molecule has 0 amide bonds. The average Bonchev–Trinajstić information content (AvgIpc) is 3.43. The fourth-order valence-electron chi connectivity index (χ4n) is 9.67. The van der Waals surface area contributed by atoms with Crippen LogP contribution >= 0.6 is 0 Å². The SMILES string of the molecule is OC[C@H]1O[C@H](O[C@@H]2[C@H](O)[C@@H](O[C@@H]3[C@H](O)[C@@H](O[C@@H]4[C@H](O)[C@@H](O[C@H]5[C@H](O)[C@@H](CO)O[C@H](O[C@@H]6[C@H](O)[C@@H](O)O[C@H](CO)[C@H]6O)[C@H]5O[C@H]5OC[C@@H](O)[C@H](O)[C@@H]5O)O[C@H](CO)[C@H]4O)O[C@H](CO)[C@H]3O)O[C@H](CO)[C@H]2O)[C@@H](O)[C@@H](O)[C@@H]1O. The number of aliphatic hydroxyl groups excluding tert-OH is 22. The van der Waals surface area contributed by atoms with Crippen molar-refractivity contribution in [2.75, 3.05) is 46.2 Å². The third-order valence-electron chi connectivity index (χ3n) is 14.2. The number of ether oxygens (including phenoxy) is 13. The van der Waals surface area contributed by atoms with E-state index in [1.807, 2.05) is 0 Å². The van der Waals surface area contributed by atoms with Crippen LogP contribution in [0.3, 0.4) is 0 Å². The van der Waals surface area contributed by atoms with Crippen molar-refractivity contribution in [3.05, 3.63) is 0 Å². The van der Waals surface area contributed by atoms with Crippen molar-refractivity contribution in [3.63, 3.8) is 0 Å². The van der Waals surface area contributed by atoms with Crippen LogP contribution in [0.2, 0.25) is 0 Å². The number of aliphatic hydroxyl groups is 22. The van der Waals surface area contributed by atoms with Crippen molar-refractivity contribution in [1.82, 2.24) is 0 Å². The van der Waals surface area contributed by atoms with Crippen molar-refractivity contribution >= 4 is 0 Å². The third-order valence-corrected chi connectivity index (χ3v) is 14.2. The van der Waals surface area contributed by atoms with Gasteiger partial charge in [-0.05, 0) is 0 Å². The lowest BCUT2D eigenvalue weighted by molar-refractivity contribution is -0.409. The van der Waals surface area contributed by atoms with Crippen molar-refractivity contribution in [2.45, 2.75) is 209 Å². The Balaban J connectivity index is 1.13.